The van der Waals surface area contributed by atoms with Crippen LogP contribution in [0.15, 0.2) is 48.5 Å². The van der Waals surface area contributed by atoms with E-state index in [0.29, 0.717) is 48.7 Å². The highest BCUT2D eigenvalue weighted by atomic mass is 16.5. The molecule has 4 rings (SSSR count). The first-order chi connectivity index (χ1) is 16.1. The molecule has 1 saturated heterocycles. The summed E-state index contributed by atoms with van der Waals surface area (Å²) in [6.45, 7) is 1.46. The highest BCUT2D eigenvalue weighted by molar-refractivity contribution is 6.02. The summed E-state index contributed by atoms with van der Waals surface area (Å²) in [5, 5.41) is 2.89. The van der Waals surface area contributed by atoms with Crippen LogP contribution >= 0.6 is 0 Å². The second kappa shape index (κ2) is 11.0. The molecule has 33 heavy (non-hydrogen) atoms. The van der Waals surface area contributed by atoms with Crippen molar-refractivity contribution < 1.29 is 28.6 Å². The summed E-state index contributed by atoms with van der Waals surface area (Å²) in [4.78, 5) is 38.9. The van der Waals surface area contributed by atoms with Gasteiger partial charge in [-0.1, -0.05) is 18.2 Å². The Labute approximate surface area is 192 Å². The number of hydrogen-bond donors (Lipinski definition) is 1. The van der Waals surface area contributed by atoms with E-state index >= 15 is 0 Å². The molecule has 1 fully saturated rings. The number of benzene rings is 2. The average molecular weight is 453 g/mol. The number of nitrogens with one attached hydrogen (secondary N) is 1. The molecule has 0 aliphatic carbocycles. The topological polar surface area (TPSA) is 94.2 Å². The molecule has 0 unspecified atom stereocenters. The van der Waals surface area contributed by atoms with Gasteiger partial charge in [-0.2, -0.15) is 0 Å². The third kappa shape index (κ3) is 6.10. The van der Waals surface area contributed by atoms with Crippen molar-refractivity contribution in [2.75, 3.05) is 37.8 Å². The third-order valence-electron chi connectivity index (χ3n) is 5.67. The molecular weight excluding hydrogens is 424 g/mol. The first-order valence-electron chi connectivity index (χ1n) is 11.3. The molecule has 2 aliphatic rings. The first-order valence-corrected chi connectivity index (χ1v) is 11.3. The maximum atomic E-state index is 12.6. The van der Waals surface area contributed by atoms with Gasteiger partial charge in [-0.25, -0.2) is 0 Å². The van der Waals surface area contributed by atoms with E-state index in [-0.39, 0.29) is 36.9 Å². The molecule has 0 spiro atoms. The lowest BCUT2D eigenvalue weighted by Crippen LogP contribution is -2.40. The van der Waals surface area contributed by atoms with Crippen molar-refractivity contribution >= 4 is 23.3 Å². The van der Waals surface area contributed by atoms with E-state index in [0.717, 1.165) is 19.4 Å². The quantitative estimate of drug-likeness (QED) is 0.557. The lowest BCUT2D eigenvalue weighted by molar-refractivity contribution is -0.123. The van der Waals surface area contributed by atoms with Crippen molar-refractivity contribution in [3.05, 3.63) is 54.1 Å². The van der Waals surface area contributed by atoms with Crippen LogP contribution in [-0.4, -0.2) is 56.6 Å². The molecule has 174 valence electrons. The Balaban J connectivity index is 1.33. The number of anilines is 1. The highest BCUT2D eigenvalue weighted by Crippen LogP contribution is 2.33. The van der Waals surface area contributed by atoms with Crippen LogP contribution in [0.5, 0.6) is 11.5 Å². The number of amides is 2. The van der Waals surface area contributed by atoms with E-state index in [1.54, 1.807) is 35.2 Å². The lowest BCUT2D eigenvalue weighted by Gasteiger charge is -2.29. The molecule has 0 bridgehead atoms. The van der Waals surface area contributed by atoms with Gasteiger partial charge < -0.3 is 24.4 Å². The Morgan fingerprint density at radius 3 is 2.79 bits per heavy atom. The fourth-order valence-electron chi connectivity index (χ4n) is 3.89. The summed E-state index contributed by atoms with van der Waals surface area (Å²) in [5.74, 6) is 0.689. The number of carbonyl (C=O) groups excluding carboxylic acids is 3. The van der Waals surface area contributed by atoms with E-state index in [1.165, 1.54) is 0 Å². The number of nitrogens with zero attached hydrogens (tertiary/aromatic N) is 1. The second-order valence-corrected chi connectivity index (χ2v) is 8.08. The Hall–Kier alpha value is -3.39. The molecule has 2 aliphatic heterocycles. The predicted molar refractivity (Wildman–Crippen MR) is 122 cm³/mol. The Bertz CT molecular complexity index is 988. The third-order valence-corrected chi connectivity index (χ3v) is 5.67. The normalized spacial score (nSPS) is 17.3. The summed E-state index contributed by atoms with van der Waals surface area (Å²) in [6, 6.07) is 14.1. The Morgan fingerprint density at radius 1 is 1.15 bits per heavy atom. The molecule has 8 nitrogen and oxygen atoms in total. The van der Waals surface area contributed by atoms with Gasteiger partial charge >= 0.3 is 0 Å². The van der Waals surface area contributed by atoms with Crippen LogP contribution in [0, 0.1) is 0 Å². The standard InChI is InChI=1S/C25H28N2O6/c28-22(16-32-19-6-2-1-3-7-19)18-10-11-23-21(14-18)27(25(30)17-33-23)12-4-9-24(29)26-15-20-8-5-13-31-20/h1-3,6-7,10-11,14,20H,4-5,8-9,12-13,15-17H2,(H,26,29)/t20-/m0/s1. The van der Waals surface area contributed by atoms with Crippen molar-refractivity contribution in [1.29, 1.82) is 0 Å². The fraction of sp³-hybridized carbons (Fsp3) is 0.400. The van der Waals surface area contributed by atoms with Crippen LogP contribution < -0.4 is 19.7 Å². The average Bonchev–Trinajstić information content (AvgIpc) is 3.37. The number of fused-ring (bicyclic) bond motifs is 1. The molecule has 1 N–H and O–H groups in total. The number of hydrogen-bond acceptors (Lipinski definition) is 6. The molecule has 0 saturated carbocycles. The van der Waals surface area contributed by atoms with Gasteiger partial charge in [-0.05, 0) is 49.6 Å². The number of ether oxygens (including phenoxy) is 3. The van der Waals surface area contributed by atoms with Gasteiger partial charge in [-0.15, -0.1) is 0 Å². The van der Waals surface area contributed by atoms with Crippen LogP contribution in [0.4, 0.5) is 5.69 Å². The molecule has 0 aromatic heterocycles. The van der Waals surface area contributed by atoms with Crippen LogP contribution in [0.3, 0.4) is 0 Å². The zero-order valence-corrected chi connectivity index (χ0v) is 18.5. The molecule has 1 atom stereocenters. The maximum absolute atomic E-state index is 12.6. The minimum Gasteiger partial charge on any atom is -0.485 e. The zero-order valence-electron chi connectivity index (χ0n) is 18.5. The van der Waals surface area contributed by atoms with Gasteiger partial charge in [-0.3, -0.25) is 14.4 Å². The minimum absolute atomic E-state index is 0.0616. The number of rotatable bonds is 10. The minimum atomic E-state index is -0.201. The largest absolute Gasteiger partial charge is 0.485 e. The van der Waals surface area contributed by atoms with Gasteiger partial charge in [0, 0.05) is 31.7 Å². The molecule has 2 amide bonds. The van der Waals surface area contributed by atoms with Gasteiger partial charge in [0.05, 0.1) is 11.8 Å². The van der Waals surface area contributed by atoms with E-state index in [2.05, 4.69) is 5.32 Å². The molecule has 2 aromatic carbocycles. The Morgan fingerprint density at radius 2 is 2.00 bits per heavy atom. The van der Waals surface area contributed by atoms with Crippen LogP contribution in [-0.2, 0) is 14.3 Å². The van der Waals surface area contributed by atoms with E-state index in [1.807, 2.05) is 18.2 Å². The van der Waals surface area contributed by atoms with Crippen molar-refractivity contribution in [2.45, 2.75) is 31.8 Å². The van der Waals surface area contributed by atoms with Crippen LogP contribution in [0.25, 0.3) is 0 Å². The summed E-state index contributed by atoms with van der Waals surface area (Å²) in [7, 11) is 0. The van der Waals surface area contributed by atoms with E-state index < -0.39 is 0 Å². The highest BCUT2D eigenvalue weighted by Gasteiger charge is 2.26. The van der Waals surface area contributed by atoms with Gasteiger partial charge in [0.1, 0.15) is 11.5 Å². The van der Waals surface area contributed by atoms with E-state index in [9.17, 15) is 14.4 Å². The van der Waals surface area contributed by atoms with E-state index in [4.69, 9.17) is 14.2 Å². The smallest absolute Gasteiger partial charge is 0.265 e. The fourth-order valence-corrected chi connectivity index (χ4v) is 3.89. The number of Topliss-reactive ketones (excluding diaryl/α,β-unsaturated/α-hetero) is 1. The molecule has 2 heterocycles. The summed E-state index contributed by atoms with van der Waals surface area (Å²) in [5.41, 5.74) is 0.971. The van der Waals surface area contributed by atoms with Crippen molar-refractivity contribution in [2.24, 2.45) is 0 Å². The summed E-state index contributed by atoms with van der Waals surface area (Å²) >= 11 is 0. The predicted octanol–water partition coefficient (Wildman–Crippen LogP) is 2.75. The van der Waals surface area contributed by atoms with Crippen molar-refractivity contribution in [3.8, 4) is 11.5 Å². The number of ketones is 1. The van der Waals surface area contributed by atoms with Crippen molar-refractivity contribution in [1.82, 2.24) is 5.32 Å². The lowest BCUT2D eigenvalue weighted by atomic mass is 10.1. The van der Waals surface area contributed by atoms with Gasteiger partial charge in [0.25, 0.3) is 5.91 Å². The molecule has 8 heteroatoms. The zero-order chi connectivity index (χ0) is 23.0. The number of carbonyl (C=O) groups is 3. The maximum Gasteiger partial charge on any atom is 0.265 e. The molecule has 2 aromatic rings. The Kier molecular flexibility index (Phi) is 7.57. The van der Waals surface area contributed by atoms with Gasteiger partial charge in [0.15, 0.2) is 19.0 Å². The first kappa shape index (κ1) is 22.8. The summed E-state index contributed by atoms with van der Waals surface area (Å²) in [6.07, 6.45) is 2.90. The molecular formula is C25H28N2O6. The SMILES string of the molecule is O=C(CCCN1C(=O)COc2ccc(C(=O)COc3ccccc3)cc21)NC[C@@H]1CCCO1. The van der Waals surface area contributed by atoms with Gasteiger partial charge in [0.2, 0.25) is 5.91 Å². The monoisotopic (exact) mass is 452 g/mol. The van der Waals surface area contributed by atoms with Crippen LogP contribution in [0.1, 0.15) is 36.0 Å². The van der Waals surface area contributed by atoms with Crippen molar-refractivity contribution in [3.63, 3.8) is 0 Å². The van der Waals surface area contributed by atoms with Crippen LogP contribution in [0.2, 0.25) is 0 Å². The number of para-hydroxylation sites is 1. The summed E-state index contributed by atoms with van der Waals surface area (Å²) < 4.78 is 16.6. The second-order valence-electron chi connectivity index (χ2n) is 8.08. The molecule has 0 radical (unpaired) electrons.